The number of hydrogen-bond acceptors (Lipinski definition) is 3. The Kier molecular flexibility index (Phi) is 4.30. The lowest BCUT2D eigenvalue weighted by molar-refractivity contribution is -0.119. The summed E-state index contributed by atoms with van der Waals surface area (Å²) < 4.78 is 0. The van der Waals surface area contributed by atoms with Crippen molar-refractivity contribution < 1.29 is 4.79 Å². The number of aryl methyl sites for hydroxylation is 1. The average molecular weight is 271 g/mol. The van der Waals surface area contributed by atoms with E-state index in [4.69, 9.17) is 0 Å². The number of hydrogen-bond donors (Lipinski definition) is 2. The summed E-state index contributed by atoms with van der Waals surface area (Å²) in [4.78, 5) is 29.9. The van der Waals surface area contributed by atoms with Gasteiger partial charge in [-0.15, -0.1) is 0 Å². The number of H-pyrrole nitrogens is 1. The minimum Gasteiger partial charge on any atom is -0.346 e. The molecule has 1 aromatic carbocycles. The van der Waals surface area contributed by atoms with E-state index in [9.17, 15) is 9.59 Å². The van der Waals surface area contributed by atoms with Crippen LogP contribution in [0.25, 0.3) is 0 Å². The Bertz CT molecular complexity index is 650. The van der Waals surface area contributed by atoms with Crippen LogP contribution in [0, 0.1) is 6.92 Å². The van der Waals surface area contributed by atoms with E-state index in [1.54, 1.807) is 6.92 Å². The lowest BCUT2D eigenvalue weighted by atomic mass is 10.1. The summed E-state index contributed by atoms with van der Waals surface area (Å²) in [7, 11) is 0. The molecule has 0 spiro atoms. The third-order valence-electron chi connectivity index (χ3n) is 2.88. The first-order chi connectivity index (χ1) is 9.54. The molecule has 1 aromatic heterocycles. The molecule has 0 bridgehead atoms. The molecular weight excluding hydrogens is 254 g/mol. The van der Waals surface area contributed by atoms with E-state index in [0.29, 0.717) is 17.9 Å². The third kappa shape index (κ3) is 3.78. The van der Waals surface area contributed by atoms with E-state index in [1.165, 1.54) is 13.0 Å². The normalized spacial score (nSPS) is 11.9. The minimum atomic E-state index is -0.345. The zero-order chi connectivity index (χ0) is 14.5. The molecule has 104 valence electrons. The monoisotopic (exact) mass is 271 g/mol. The second kappa shape index (κ2) is 6.14. The first-order valence-electron chi connectivity index (χ1n) is 6.43. The van der Waals surface area contributed by atoms with Crippen molar-refractivity contribution >= 4 is 5.91 Å². The van der Waals surface area contributed by atoms with Gasteiger partial charge in [0.05, 0.1) is 6.04 Å². The lowest BCUT2D eigenvalue weighted by Crippen LogP contribution is -2.31. The number of rotatable bonds is 4. The summed E-state index contributed by atoms with van der Waals surface area (Å²) >= 11 is 0. The fourth-order valence-electron chi connectivity index (χ4n) is 2.08. The molecule has 20 heavy (non-hydrogen) atoms. The highest BCUT2D eigenvalue weighted by Crippen LogP contribution is 2.14. The summed E-state index contributed by atoms with van der Waals surface area (Å²) in [6.07, 6.45) is 0.576. The Morgan fingerprint density at radius 1 is 1.35 bits per heavy atom. The first kappa shape index (κ1) is 14.0. The molecule has 0 radical (unpaired) electrons. The number of carbonyl (C=O) groups is 1. The molecule has 0 saturated carbocycles. The summed E-state index contributed by atoms with van der Waals surface area (Å²) in [6.45, 7) is 3.21. The molecule has 0 fully saturated rings. The molecular formula is C15H17N3O2. The number of amides is 1. The molecule has 2 N–H and O–H groups in total. The van der Waals surface area contributed by atoms with E-state index in [-0.39, 0.29) is 17.5 Å². The molecule has 0 aliphatic heterocycles. The van der Waals surface area contributed by atoms with E-state index < -0.39 is 0 Å². The molecule has 0 saturated heterocycles. The lowest BCUT2D eigenvalue weighted by Gasteiger charge is -2.17. The van der Waals surface area contributed by atoms with Gasteiger partial charge in [0.15, 0.2) is 0 Å². The molecule has 0 aliphatic rings. The molecule has 1 unspecified atom stereocenters. The largest absolute Gasteiger partial charge is 0.346 e. The van der Waals surface area contributed by atoms with Gasteiger partial charge in [0.25, 0.3) is 5.56 Å². The number of nitrogens with one attached hydrogen (secondary N) is 2. The Labute approximate surface area is 117 Å². The Morgan fingerprint density at radius 2 is 2.05 bits per heavy atom. The minimum absolute atomic E-state index is 0.157. The van der Waals surface area contributed by atoms with Crippen LogP contribution in [0.15, 0.2) is 41.2 Å². The number of aromatic amines is 1. The molecule has 0 aliphatic carbocycles. The van der Waals surface area contributed by atoms with Crippen LogP contribution in [0.4, 0.5) is 0 Å². The predicted molar refractivity (Wildman–Crippen MR) is 76.3 cm³/mol. The van der Waals surface area contributed by atoms with Gasteiger partial charge >= 0.3 is 0 Å². The Balaban J connectivity index is 2.31. The predicted octanol–water partition coefficient (Wildman–Crippen LogP) is 1.50. The number of benzene rings is 1. The highest BCUT2D eigenvalue weighted by atomic mass is 16.1. The van der Waals surface area contributed by atoms with Crippen molar-refractivity contribution in [3.63, 3.8) is 0 Å². The fraction of sp³-hybridized carbons (Fsp3) is 0.267. The molecule has 5 heteroatoms. The second-order valence-electron chi connectivity index (χ2n) is 4.71. The molecule has 1 atom stereocenters. The van der Waals surface area contributed by atoms with Gasteiger partial charge in [0, 0.05) is 18.7 Å². The van der Waals surface area contributed by atoms with Gasteiger partial charge in [-0.05, 0) is 18.9 Å². The van der Waals surface area contributed by atoms with Crippen molar-refractivity contribution in [2.45, 2.75) is 26.3 Å². The molecule has 1 amide bonds. The van der Waals surface area contributed by atoms with Crippen LogP contribution in [0.5, 0.6) is 0 Å². The van der Waals surface area contributed by atoms with E-state index in [1.807, 2.05) is 30.3 Å². The smallest absolute Gasteiger partial charge is 0.251 e. The Hall–Kier alpha value is -2.43. The van der Waals surface area contributed by atoms with Crippen LogP contribution in [0.2, 0.25) is 0 Å². The summed E-state index contributed by atoms with van der Waals surface area (Å²) in [5, 5.41) is 2.83. The maximum Gasteiger partial charge on any atom is 0.251 e. The standard InChI is InChI=1S/C15H17N3O2/c1-10-8-14(20)18-15(16-10)13(17-11(2)19)9-12-6-4-3-5-7-12/h3-8,13H,9H2,1-2H3,(H,17,19)(H,16,18,20). The highest BCUT2D eigenvalue weighted by Gasteiger charge is 2.16. The van der Waals surface area contributed by atoms with Crippen LogP contribution >= 0.6 is 0 Å². The molecule has 1 heterocycles. The van der Waals surface area contributed by atoms with E-state index in [2.05, 4.69) is 15.3 Å². The van der Waals surface area contributed by atoms with Gasteiger partial charge in [0.1, 0.15) is 5.82 Å². The van der Waals surface area contributed by atoms with Crippen molar-refractivity contribution in [3.05, 3.63) is 63.8 Å². The quantitative estimate of drug-likeness (QED) is 0.885. The van der Waals surface area contributed by atoms with Crippen molar-refractivity contribution in [1.29, 1.82) is 0 Å². The van der Waals surface area contributed by atoms with Crippen LogP contribution in [0.3, 0.4) is 0 Å². The van der Waals surface area contributed by atoms with Gasteiger partial charge in [0.2, 0.25) is 5.91 Å². The van der Waals surface area contributed by atoms with Gasteiger partial charge in [-0.25, -0.2) is 4.98 Å². The first-order valence-corrected chi connectivity index (χ1v) is 6.43. The summed E-state index contributed by atoms with van der Waals surface area (Å²) in [5.41, 5.74) is 1.48. The molecule has 2 aromatic rings. The van der Waals surface area contributed by atoms with Crippen molar-refractivity contribution in [2.75, 3.05) is 0 Å². The van der Waals surface area contributed by atoms with Crippen LogP contribution in [-0.2, 0) is 11.2 Å². The van der Waals surface area contributed by atoms with Crippen molar-refractivity contribution in [2.24, 2.45) is 0 Å². The zero-order valence-electron chi connectivity index (χ0n) is 11.5. The summed E-state index contributed by atoms with van der Waals surface area (Å²) in [6, 6.07) is 10.8. The van der Waals surface area contributed by atoms with Gasteiger partial charge in [-0.2, -0.15) is 0 Å². The summed E-state index contributed by atoms with van der Waals surface area (Å²) in [5.74, 6) is 0.323. The van der Waals surface area contributed by atoms with E-state index in [0.717, 1.165) is 5.56 Å². The van der Waals surface area contributed by atoms with Gasteiger partial charge < -0.3 is 10.3 Å². The maximum absolute atomic E-state index is 11.5. The zero-order valence-corrected chi connectivity index (χ0v) is 11.5. The SMILES string of the molecule is CC(=O)NC(Cc1ccccc1)c1nc(C)cc(=O)[nH]1. The van der Waals surface area contributed by atoms with Gasteiger partial charge in [-0.3, -0.25) is 9.59 Å². The number of carbonyl (C=O) groups excluding carboxylic acids is 1. The molecule has 2 rings (SSSR count). The van der Waals surface area contributed by atoms with Crippen LogP contribution in [-0.4, -0.2) is 15.9 Å². The second-order valence-corrected chi connectivity index (χ2v) is 4.71. The fourth-order valence-corrected chi connectivity index (χ4v) is 2.08. The Morgan fingerprint density at radius 3 is 2.65 bits per heavy atom. The molecule has 5 nitrogen and oxygen atoms in total. The average Bonchev–Trinajstić information content (AvgIpc) is 2.37. The topological polar surface area (TPSA) is 74.8 Å². The van der Waals surface area contributed by atoms with Crippen LogP contribution < -0.4 is 10.9 Å². The van der Waals surface area contributed by atoms with Crippen LogP contribution in [0.1, 0.15) is 30.0 Å². The van der Waals surface area contributed by atoms with Crippen molar-refractivity contribution in [1.82, 2.24) is 15.3 Å². The maximum atomic E-state index is 11.5. The van der Waals surface area contributed by atoms with Gasteiger partial charge in [-0.1, -0.05) is 30.3 Å². The van der Waals surface area contributed by atoms with E-state index >= 15 is 0 Å². The van der Waals surface area contributed by atoms with Crippen molar-refractivity contribution in [3.8, 4) is 0 Å². The number of nitrogens with zero attached hydrogens (tertiary/aromatic N) is 1. The third-order valence-corrected chi connectivity index (χ3v) is 2.88. The highest BCUT2D eigenvalue weighted by molar-refractivity contribution is 5.73. The number of aromatic nitrogens is 2.